The molecule has 0 saturated heterocycles. The van der Waals surface area contributed by atoms with Crippen molar-refractivity contribution in [1.29, 1.82) is 0 Å². The molecule has 0 radical (unpaired) electrons. The molecule has 0 spiro atoms. The number of rotatable bonds is 4. The molecule has 1 atom stereocenters. The monoisotopic (exact) mass is 385 g/mol. The maximum Gasteiger partial charge on any atom is 0.265 e. The van der Waals surface area contributed by atoms with Gasteiger partial charge in [-0.25, -0.2) is 0 Å². The Labute approximate surface area is 161 Å². The van der Waals surface area contributed by atoms with Gasteiger partial charge in [0, 0.05) is 16.1 Å². The van der Waals surface area contributed by atoms with E-state index in [1.54, 1.807) is 25.1 Å². The van der Waals surface area contributed by atoms with Crippen LogP contribution >= 0.6 is 23.2 Å². The molecule has 3 aromatic rings. The molecule has 3 nitrogen and oxygen atoms in total. The third-order valence-corrected chi connectivity index (χ3v) is 5.23. The van der Waals surface area contributed by atoms with Crippen LogP contribution in [0.25, 0.3) is 10.8 Å². The number of carbonyl (C=O) groups is 1. The standard InChI is InChI=1S/C21H17Cl2NO2/c1-12(26-19-10-8-15(22)11-17(19)23)21(25)24-18-9-7-14-6-5-13-3-2-4-16(18)20(13)14/h2-4,7-12H,5-6H2,1H3,(H,24,25). The number of ether oxygens (including phenoxy) is 1. The summed E-state index contributed by atoms with van der Waals surface area (Å²) in [4.78, 5) is 12.6. The van der Waals surface area contributed by atoms with Crippen LogP contribution in [0.15, 0.2) is 48.5 Å². The van der Waals surface area contributed by atoms with E-state index < -0.39 is 6.10 Å². The first-order chi connectivity index (χ1) is 12.5. The van der Waals surface area contributed by atoms with Crippen molar-refractivity contribution in [2.45, 2.75) is 25.9 Å². The predicted octanol–water partition coefficient (Wildman–Crippen LogP) is 5.65. The van der Waals surface area contributed by atoms with Gasteiger partial charge in [0.2, 0.25) is 0 Å². The van der Waals surface area contributed by atoms with Crippen LogP contribution in [0, 0.1) is 0 Å². The Hall–Kier alpha value is -2.23. The number of halogens is 2. The molecule has 0 saturated carbocycles. The molecule has 1 aliphatic carbocycles. The average Bonchev–Trinajstić information content (AvgIpc) is 3.04. The van der Waals surface area contributed by atoms with E-state index in [9.17, 15) is 4.79 Å². The number of nitrogens with one attached hydrogen (secondary N) is 1. The quantitative estimate of drug-likeness (QED) is 0.629. The van der Waals surface area contributed by atoms with E-state index in [-0.39, 0.29) is 5.91 Å². The van der Waals surface area contributed by atoms with Crippen LogP contribution in [-0.2, 0) is 17.6 Å². The largest absolute Gasteiger partial charge is 0.479 e. The minimum atomic E-state index is -0.697. The lowest BCUT2D eigenvalue weighted by atomic mass is 10.0. The summed E-state index contributed by atoms with van der Waals surface area (Å²) in [5, 5.41) is 6.22. The van der Waals surface area contributed by atoms with Crippen LogP contribution in [0.1, 0.15) is 18.1 Å². The van der Waals surface area contributed by atoms with Gasteiger partial charge in [0.15, 0.2) is 6.10 Å². The van der Waals surface area contributed by atoms with Crippen molar-refractivity contribution in [3.63, 3.8) is 0 Å². The van der Waals surface area contributed by atoms with E-state index in [0.717, 1.165) is 23.9 Å². The Morgan fingerprint density at radius 3 is 2.62 bits per heavy atom. The van der Waals surface area contributed by atoms with E-state index in [0.29, 0.717) is 15.8 Å². The molecule has 4 rings (SSSR count). The molecule has 26 heavy (non-hydrogen) atoms. The Kier molecular flexibility index (Phi) is 4.51. The fourth-order valence-electron chi connectivity index (χ4n) is 3.40. The highest BCUT2D eigenvalue weighted by atomic mass is 35.5. The van der Waals surface area contributed by atoms with Gasteiger partial charge in [0.05, 0.1) is 5.02 Å². The molecule has 1 unspecified atom stereocenters. The van der Waals surface area contributed by atoms with Gasteiger partial charge in [0.1, 0.15) is 5.75 Å². The average molecular weight is 386 g/mol. The Morgan fingerprint density at radius 1 is 1.08 bits per heavy atom. The van der Waals surface area contributed by atoms with Crippen LogP contribution in [0.4, 0.5) is 5.69 Å². The zero-order valence-corrected chi connectivity index (χ0v) is 15.7. The van der Waals surface area contributed by atoms with Crippen LogP contribution < -0.4 is 10.1 Å². The number of amides is 1. The van der Waals surface area contributed by atoms with Gasteiger partial charge in [0.25, 0.3) is 5.91 Å². The molecule has 5 heteroatoms. The fourth-order valence-corrected chi connectivity index (χ4v) is 3.86. The summed E-state index contributed by atoms with van der Waals surface area (Å²) in [6.45, 7) is 1.69. The second-order valence-corrected chi connectivity index (χ2v) is 7.28. The molecule has 1 amide bonds. The van der Waals surface area contributed by atoms with Gasteiger partial charge < -0.3 is 10.1 Å². The molecule has 1 N–H and O–H groups in total. The minimum Gasteiger partial charge on any atom is -0.479 e. The smallest absolute Gasteiger partial charge is 0.265 e. The molecule has 0 aromatic heterocycles. The number of carbonyl (C=O) groups excluding carboxylic acids is 1. The van der Waals surface area contributed by atoms with E-state index in [1.165, 1.54) is 16.5 Å². The van der Waals surface area contributed by atoms with Crippen molar-refractivity contribution in [2.75, 3.05) is 5.32 Å². The highest BCUT2D eigenvalue weighted by Crippen LogP contribution is 2.35. The van der Waals surface area contributed by atoms with Crippen LogP contribution in [0.3, 0.4) is 0 Å². The molecular formula is C21H17Cl2NO2. The Balaban J connectivity index is 1.56. The topological polar surface area (TPSA) is 38.3 Å². The van der Waals surface area contributed by atoms with Gasteiger partial charge in [-0.1, -0.05) is 47.5 Å². The zero-order chi connectivity index (χ0) is 18.3. The minimum absolute atomic E-state index is 0.227. The summed E-state index contributed by atoms with van der Waals surface area (Å²) in [6.07, 6.45) is 1.41. The summed E-state index contributed by atoms with van der Waals surface area (Å²) in [7, 11) is 0. The van der Waals surface area contributed by atoms with Gasteiger partial charge in [-0.2, -0.15) is 0 Å². The molecule has 0 aliphatic heterocycles. The lowest BCUT2D eigenvalue weighted by Gasteiger charge is -2.17. The van der Waals surface area contributed by atoms with Crippen molar-refractivity contribution in [3.05, 3.63) is 69.7 Å². The fraction of sp³-hybridized carbons (Fsp3) is 0.190. The van der Waals surface area contributed by atoms with E-state index in [4.69, 9.17) is 27.9 Å². The summed E-state index contributed by atoms with van der Waals surface area (Å²) in [5.41, 5.74) is 3.48. The zero-order valence-electron chi connectivity index (χ0n) is 14.2. The molecule has 0 bridgehead atoms. The number of aryl methyl sites for hydroxylation is 2. The molecular weight excluding hydrogens is 369 g/mol. The summed E-state index contributed by atoms with van der Waals surface area (Å²) in [5.74, 6) is 0.203. The first-order valence-electron chi connectivity index (χ1n) is 8.49. The van der Waals surface area contributed by atoms with Crippen LogP contribution in [0.5, 0.6) is 5.75 Å². The second-order valence-electron chi connectivity index (χ2n) is 6.44. The van der Waals surface area contributed by atoms with Crippen molar-refractivity contribution in [3.8, 4) is 5.75 Å². The third kappa shape index (κ3) is 3.13. The lowest BCUT2D eigenvalue weighted by Crippen LogP contribution is -2.30. The number of anilines is 1. The Bertz CT molecular complexity index is 1010. The van der Waals surface area contributed by atoms with Crippen LogP contribution in [-0.4, -0.2) is 12.0 Å². The lowest BCUT2D eigenvalue weighted by molar-refractivity contribution is -0.122. The molecule has 3 aromatic carbocycles. The van der Waals surface area contributed by atoms with Gasteiger partial charge in [-0.15, -0.1) is 0 Å². The molecule has 132 valence electrons. The molecule has 0 fully saturated rings. The number of benzene rings is 3. The van der Waals surface area contributed by atoms with Crippen molar-refractivity contribution < 1.29 is 9.53 Å². The number of hydrogen-bond acceptors (Lipinski definition) is 2. The SMILES string of the molecule is CC(Oc1ccc(Cl)cc1Cl)C(=O)Nc1ccc2c3c(cccc13)CC2. The highest BCUT2D eigenvalue weighted by molar-refractivity contribution is 6.35. The van der Waals surface area contributed by atoms with E-state index in [2.05, 4.69) is 17.4 Å². The predicted molar refractivity (Wildman–Crippen MR) is 107 cm³/mol. The number of hydrogen-bond donors (Lipinski definition) is 1. The summed E-state index contributed by atoms with van der Waals surface area (Å²) < 4.78 is 5.70. The van der Waals surface area contributed by atoms with Crippen molar-refractivity contribution in [1.82, 2.24) is 0 Å². The first kappa shape index (κ1) is 17.2. The first-order valence-corrected chi connectivity index (χ1v) is 9.24. The maximum atomic E-state index is 12.6. The summed E-state index contributed by atoms with van der Waals surface area (Å²) >= 11 is 12.0. The van der Waals surface area contributed by atoms with Gasteiger partial charge in [-0.3, -0.25) is 4.79 Å². The molecule has 0 heterocycles. The maximum absolute atomic E-state index is 12.6. The normalized spacial score (nSPS) is 13.7. The van der Waals surface area contributed by atoms with Gasteiger partial charge >= 0.3 is 0 Å². The van der Waals surface area contributed by atoms with Crippen molar-refractivity contribution in [2.24, 2.45) is 0 Å². The van der Waals surface area contributed by atoms with Crippen molar-refractivity contribution >= 4 is 45.6 Å². The molecule has 1 aliphatic rings. The summed E-state index contributed by atoms with van der Waals surface area (Å²) in [6, 6.07) is 15.2. The van der Waals surface area contributed by atoms with E-state index in [1.807, 2.05) is 18.2 Å². The second kappa shape index (κ2) is 6.82. The van der Waals surface area contributed by atoms with E-state index >= 15 is 0 Å². The highest BCUT2D eigenvalue weighted by Gasteiger charge is 2.20. The Morgan fingerprint density at radius 2 is 1.85 bits per heavy atom. The van der Waals surface area contributed by atoms with Gasteiger partial charge in [-0.05, 0) is 60.5 Å². The third-order valence-electron chi connectivity index (χ3n) is 4.70. The van der Waals surface area contributed by atoms with Crippen LogP contribution in [0.2, 0.25) is 10.0 Å².